The topological polar surface area (TPSA) is 83.1 Å². The molecule has 2 heterocycles. The average molecular weight is 248 g/mol. The Morgan fingerprint density at radius 3 is 2.78 bits per heavy atom. The minimum absolute atomic E-state index is 0.165. The average Bonchev–Trinajstić information content (AvgIpc) is 2.91. The molecule has 1 aromatic rings. The van der Waals surface area contributed by atoms with E-state index in [9.17, 15) is 9.59 Å². The number of aromatic nitrogens is 1. The quantitative estimate of drug-likeness (QED) is 0.675. The summed E-state index contributed by atoms with van der Waals surface area (Å²) in [6.45, 7) is 1.72. The first kappa shape index (κ1) is 12.5. The van der Waals surface area contributed by atoms with Crippen LogP contribution in [0, 0.1) is 0 Å². The summed E-state index contributed by atoms with van der Waals surface area (Å²) >= 11 is 0. The van der Waals surface area contributed by atoms with E-state index in [1.165, 1.54) is 6.20 Å². The molecule has 1 aliphatic heterocycles. The maximum Gasteiger partial charge on any atom is 0.270 e. The molecule has 0 aliphatic carbocycles. The van der Waals surface area contributed by atoms with Gasteiger partial charge in [0.1, 0.15) is 5.69 Å². The lowest BCUT2D eigenvalue weighted by molar-refractivity contribution is 0.0929. The highest BCUT2D eigenvalue weighted by Crippen LogP contribution is 2.03. The number of amides is 2. The van der Waals surface area contributed by atoms with Crippen LogP contribution in [0.15, 0.2) is 18.3 Å². The van der Waals surface area contributed by atoms with Gasteiger partial charge in [0.15, 0.2) is 0 Å². The lowest BCUT2D eigenvalue weighted by Gasteiger charge is -2.10. The molecule has 0 bridgehead atoms. The van der Waals surface area contributed by atoms with Crippen LogP contribution in [0.2, 0.25) is 0 Å². The zero-order chi connectivity index (χ0) is 13.0. The molecule has 1 unspecified atom stereocenters. The van der Waals surface area contributed by atoms with Gasteiger partial charge in [0.25, 0.3) is 11.8 Å². The molecule has 1 aliphatic rings. The van der Waals surface area contributed by atoms with E-state index in [1.54, 1.807) is 19.2 Å². The van der Waals surface area contributed by atoms with Crippen LogP contribution in [-0.4, -0.2) is 43.0 Å². The first-order valence-electron chi connectivity index (χ1n) is 5.90. The Morgan fingerprint density at radius 2 is 2.22 bits per heavy atom. The summed E-state index contributed by atoms with van der Waals surface area (Å²) in [5, 5.41) is 8.57. The van der Waals surface area contributed by atoms with Gasteiger partial charge in [-0.3, -0.25) is 14.6 Å². The normalized spacial score (nSPS) is 18.4. The molecule has 6 heteroatoms. The Bertz CT molecular complexity index is 438. The van der Waals surface area contributed by atoms with Crippen LogP contribution >= 0.6 is 0 Å². The Labute approximate surface area is 105 Å². The zero-order valence-corrected chi connectivity index (χ0v) is 10.2. The van der Waals surface area contributed by atoms with Gasteiger partial charge < -0.3 is 16.0 Å². The van der Waals surface area contributed by atoms with Crippen molar-refractivity contribution in [2.24, 2.45) is 0 Å². The fourth-order valence-electron chi connectivity index (χ4n) is 1.84. The Balaban J connectivity index is 2.00. The molecule has 3 N–H and O–H groups in total. The summed E-state index contributed by atoms with van der Waals surface area (Å²) in [6, 6.07) is 3.31. The molecular weight excluding hydrogens is 232 g/mol. The number of pyridine rings is 1. The fraction of sp³-hybridized carbons (Fsp3) is 0.417. The molecular formula is C12H16N4O2. The molecule has 96 valence electrons. The van der Waals surface area contributed by atoms with Crippen molar-refractivity contribution in [3.05, 3.63) is 29.6 Å². The molecule has 0 aromatic carbocycles. The van der Waals surface area contributed by atoms with Crippen LogP contribution in [-0.2, 0) is 0 Å². The van der Waals surface area contributed by atoms with Gasteiger partial charge in [-0.15, -0.1) is 0 Å². The highest BCUT2D eigenvalue weighted by atomic mass is 16.2. The van der Waals surface area contributed by atoms with E-state index in [2.05, 4.69) is 20.9 Å². The molecule has 1 aromatic heterocycles. The zero-order valence-electron chi connectivity index (χ0n) is 10.2. The Kier molecular flexibility index (Phi) is 3.88. The van der Waals surface area contributed by atoms with Crippen LogP contribution in [0.5, 0.6) is 0 Å². The second kappa shape index (κ2) is 5.59. The second-order valence-corrected chi connectivity index (χ2v) is 4.17. The summed E-state index contributed by atoms with van der Waals surface area (Å²) in [5.74, 6) is -0.415. The molecule has 18 heavy (non-hydrogen) atoms. The van der Waals surface area contributed by atoms with Crippen molar-refractivity contribution in [1.82, 2.24) is 20.9 Å². The molecule has 1 fully saturated rings. The van der Waals surface area contributed by atoms with Gasteiger partial charge in [-0.2, -0.15) is 0 Å². The van der Waals surface area contributed by atoms with Crippen molar-refractivity contribution < 1.29 is 9.59 Å². The van der Waals surface area contributed by atoms with Gasteiger partial charge in [0.05, 0.1) is 5.56 Å². The first-order valence-corrected chi connectivity index (χ1v) is 5.90. The maximum absolute atomic E-state index is 11.8. The number of rotatable bonds is 3. The Morgan fingerprint density at radius 1 is 1.39 bits per heavy atom. The molecule has 1 saturated heterocycles. The minimum Gasteiger partial charge on any atom is -0.355 e. The maximum atomic E-state index is 11.8. The predicted molar refractivity (Wildman–Crippen MR) is 66.4 cm³/mol. The SMILES string of the molecule is CNC(=O)c1ccc(C(=O)NC2CCNC2)nc1. The third-order valence-electron chi connectivity index (χ3n) is 2.88. The Hall–Kier alpha value is -1.95. The van der Waals surface area contributed by atoms with Crippen LogP contribution in [0.1, 0.15) is 27.3 Å². The minimum atomic E-state index is -0.213. The van der Waals surface area contributed by atoms with Crippen LogP contribution < -0.4 is 16.0 Å². The van der Waals surface area contributed by atoms with E-state index in [-0.39, 0.29) is 17.9 Å². The van der Waals surface area contributed by atoms with E-state index in [4.69, 9.17) is 0 Å². The van der Waals surface area contributed by atoms with Crippen LogP contribution in [0.25, 0.3) is 0 Å². The summed E-state index contributed by atoms with van der Waals surface area (Å²) in [7, 11) is 1.55. The van der Waals surface area contributed by atoms with Crippen molar-refractivity contribution in [1.29, 1.82) is 0 Å². The fourth-order valence-corrected chi connectivity index (χ4v) is 1.84. The number of carbonyl (C=O) groups is 2. The summed E-state index contributed by atoms with van der Waals surface area (Å²) in [5.41, 5.74) is 0.770. The van der Waals surface area contributed by atoms with E-state index < -0.39 is 0 Å². The van der Waals surface area contributed by atoms with Crippen LogP contribution in [0.4, 0.5) is 0 Å². The largest absolute Gasteiger partial charge is 0.355 e. The third kappa shape index (κ3) is 2.84. The summed E-state index contributed by atoms with van der Waals surface area (Å²) in [6.07, 6.45) is 2.34. The van der Waals surface area contributed by atoms with E-state index in [0.717, 1.165) is 19.5 Å². The van der Waals surface area contributed by atoms with Crippen molar-refractivity contribution in [2.75, 3.05) is 20.1 Å². The number of hydrogen-bond donors (Lipinski definition) is 3. The van der Waals surface area contributed by atoms with Gasteiger partial charge in [-0.1, -0.05) is 0 Å². The predicted octanol–water partition coefficient (Wildman–Crippen LogP) is -0.467. The number of hydrogen-bond acceptors (Lipinski definition) is 4. The summed E-state index contributed by atoms with van der Waals surface area (Å²) in [4.78, 5) is 27.2. The number of carbonyl (C=O) groups excluding carboxylic acids is 2. The monoisotopic (exact) mass is 248 g/mol. The lowest BCUT2D eigenvalue weighted by atomic mass is 10.2. The van der Waals surface area contributed by atoms with Crippen molar-refractivity contribution in [2.45, 2.75) is 12.5 Å². The second-order valence-electron chi connectivity index (χ2n) is 4.17. The molecule has 6 nitrogen and oxygen atoms in total. The molecule has 0 saturated carbocycles. The number of nitrogens with zero attached hydrogens (tertiary/aromatic N) is 1. The molecule has 2 rings (SSSR count). The first-order chi connectivity index (χ1) is 8.70. The van der Waals surface area contributed by atoms with E-state index in [0.29, 0.717) is 11.3 Å². The third-order valence-corrected chi connectivity index (χ3v) is 2.88. The smallest absolute Gasteiger partial charge is 0.270 e. The highest BCUT2D eigenvalue weighted by molar-refractivity contribution is 5.96. The van der Waals surface area contributed by atoms with Gasteiger partial charge in [-0.05, 0) is 25.1 Å². The molecule has 1 atom stereocenters. The molecule has 0 radical (unpaired) electrons. The molecule has 0 spiro atoms. The summed E-state index contributed by atoms with van der Waals surface area (Å²) < 4.78 is 0. The van der Waals surface area contributed by atoms with E-state index in [1.807, 2.05) is 0 Å². The van der Waals surface area contributed by atoms with Gasteiger partial charge >= 0.3 is 0 Å². The van der Waals surface area contributed by atoms with Gasteiger partial charge in [0.2, 0.25) is 0 Å². The standard InChI is InChI=1S/C12H16N4O2/c1-13-11(17)8-2-3-10(15-6-8)12(18)16-9-4-5-14-7-9/h2-3,6,9,14H,4-5,7H2,1H3,(H,13,17)(H,16,18). The van der Waals surface area contributed by atoms with Crippen molar-refractivity contribution in [3.63, 3.8) is 0 Å². The van der Waals surface area contributed by atoms with Gasteiger partial charge in [0, 0.05) is 25.8 Å². The number of nitrogens with one attached hydrogen (secondary N) is 3. The van der Waals surface area contributed by atoms with E-state index >= 15 is 0 Å². The van der Waals surface area contributed by atoms with Crippen molar-refractivity contribution >= 4 is 11.8 Å². The van der Waals surface area contributed by atoms with Crippen LogP contribution in [0.3, 0.4) is 0 Å². The highest BCUT2D eigenvalue weighted by Gasteiger charge is 2.18. The van der Waals surface area contributed by atoms with Gasteiger partial charge in [-0.25, -0.2) is 0 Å². The molecule has 2 amide bonds. The lowest BCUT2D eigenvalue weighted by Crippen LogP contribution is -2.36. The van der Waals surface area contributed by atoms with Crippen molar-refractivity contribution in [3.8, 4) is 0 Å².